The van der Waals surface area contributed by atoms with Crippen molar-refractivity contribution in [2.75, 3.05) is 17.3 Å². The topological polar surface area (TPSA) is 58.6 Å². The van der Waals surface area contributed by atoms with Gasteiger partial charge in [-0.25, -0.2) is 4.90 Å². The molecule has 3 aromatic rings. The van der Waals surface area contributed by atoms with Crippen LogP contribution in [0.25, 0.3) is 5.57 Å². The van der Waals surface area contributed by atoms with Crippen LogP contribution in [0.15, 0.2) is 83.0 Å². The van der Waals surface area contributed by atoms with E-state index < -0.39 is 5.91 Å². The Morgan fingerprint density at radius 3 is 2.27 bits per heavy atom. The van der Waals surface area contributed by atoms with Crippen LogP contribution in [0.5, 0.6) is 5.75 Å². The molecule has 0 saturated carbocycles. The van der Waals surface area contributed by atoms with Crippen LogP contribution in [-0.4, -0.2) is 18.9 Å². The molecule has 1 aliphatic rings. The lowest BCUT2D eigenvalue weighted by Gasteiger charge is -2.16. The molecule has 4 rings (SSSR count). The molecule has 6 heteroatoms. The first-order valence-electron chi connectivity index (χ1n) is 9.35. The number of imide groups is 1. The number of carbonyl (C=O) groups excluding carboxylic acids is 2. The molecule has 0 bridgehead atoms. The van der Waals surface area contributed by atoms with E-state index >= 15 is 0 Å². The molecule has 30 heavy (non-hydrogen) atoms. The molecular weight excluding hydrogens is 444 g/mol. The third-order valence-corrected chi connectivity index (χ3v) is 5.37. The Morgan fingerprint density at radius 1 is 0.900 bits per heavy atom. The van der Waals surface area contributed by atoms with Crippen molar-refractivity contribution in [2.24, 2.45) is 0 Å². The van der Waals surface area contributed by atoms with Gasteiger partial charge in [0.2, 0.25) is 0 Å². The smallest absolute Gasteiger partial charge is 0.282 e. The van der Waals surface area contributed by atoms with Crippen LogP contribution in [0, 0.1) is 6.92 Å². The van der Waals surface area contributed by atoms with Crippen LogP contribution in [0.2, 0.25) is 0 Å². The largest absolute Gasteiger partial charge is 0.495 e. The molecule has 0 atom stereocenters. The maximum absolute atomic E-state index is 13.4. The van der Waals surface area contributed by atoms with E-state index in [0.29, 0.717) is 28.3 Å². The monoisotopic (exact) mass is 462 g/mol. The number of hydrogen-bond acceptors (Lipinski definition) is 4. The van der Waals surface area contributed by atoms with E-state index in [1.807, 2.05) is 55.5 Å². The second-order valence-electron chi connectivity index (χ2n) is 6.87. The molecule has 0 saturated heterocycles. The van der Waals surface area contributed by atoms with E-state index in [2.05, 4.69) is 21.2 Å². The molecule has 0 aromatic heterocycles. The van der Waals surface area contributed by atoms with E-state index in [1.165, 1.54) is 4.90 Å². The van der Waals surface area contributed by atoms with Crippen molar-refractivity contribution < 1.29 is 14.3 Å². The standard InChI is InChI=1S/C24H19BrN2O3/c1-15-8-13-20(30-2)19(14-15)26-22-21(16-6-4-3-5-7-16)23(28)27(24(22)29)18-11-9-17(25)10-12-18/h3-14,26H,1-2H3. The van der Waals surface area contributed by atoms with Gasteiger partial charge in [0.05, 0.1) is 24.1 Å². The molecule has 150 valence electrons. The first kappa shape index (κ1) is 19.9. The lowest BCUT2D eigenvalue weighted by atomic mass is 10.0. The lowest BCUT2D eigenvalue weighted by molar-refractivity contribution is -0.120. The zero-order chi connectivity index (χ0) is 21.3. The highest BCUT2D eigenvalue weighted by Gasteiger charge is 2.40. The summed E-state index contributed by atoms with van der Waals surface area (Å²) in [6.45, 7) is 1.95. The number of halogens is 1. The normalized spacial score (nSPS) is 13.8. The molecule has 1 N–H and O–H groups in total. The first-order chi connectivity index (χ1) is 14.5. The van der Waals surface area contributed by atoms with Gasteiger partial charge in [-0.3, -0.25) is 9.59 Å². The summed E-state index contributed by atoms with van der Waals surface area (Å²) in [5.41, 5.74) is 3.35. The number of methoxy groups -OCH3 is 1. The molecule has 3 aromatic carbocycles. The van der Waals surface area contributed by atoms with Crippen LogP contribution in [-0.2, 0) is 9.59 Å². The van der Waals surface area contributed by atoms with Crippen LogP contribution in [0.4, 0.5) is 11.4 Å². The van der Waals surface area contributed by atoms with Gasteiger partial charge in [-0.2, -0.15) is 0 Å². The summed E-state index contributed by atoms with van der Waals surface area (Å²) in [7, 11) is 1.57. The number of nitrogens with zero attached hydrogens (tertiary/aromatic N) is 1. The SMILES string of the molecule is COc1ccc(C)cc1NC1=C(c2ccccc2)C(=O)N(c2ccc(Br)cc2)C1=O. The van der Waals surface area contributed by atoms with Gasteiger partial charge in [0, 0.05) is 4.47 Å². The van der Waals surface area contributed by atoms with Gasteiger partial charge in [-0.05, 0) is 54.4 Å². The molecule has 1 aliphatic heterocycles. The Hall–Kier alpha value is -3.38. The Balaban J connectivity index is 1.84. The molecule has 0 spiro atoms. The van der Waals surface area contributed by atoms with Crippen molar-refractivity contribution in [1.82, 2.24) is 0 Å². The average Bonchev–Trinajstić information content (AvgIpc) is 2.99. The molecule has 2 amide bonds. The fourth-order valence-electron chi connectivity index (χ4n) is 3.40. The molecule has 0 fully saturated rings. The van der Waals surface area contributed by atoms with Gasteiger partial charge in [-0.1, -0.05) is 52.3 Å². The van der Waals surface area contributed by atoms with Gasteiger partial charge in [0.1, 0.15) is 11.4 Å². The van der Waals surface area contributed by atoms with Crippen LogP contribution >= 0.6 is 15.9 Å². The zero-order valence-corrected chi connectivity index (χ0v) is 18.1. The number of rotatable bonds is 5. The summed E-state index contributed by atoms with van der Waals surface area (Å²) in [5, 5.41) is 3.17. The minimum absolute atomic E-state index is 0.220. The highest BCUT2D eigenvalue weighted by atomic mass is 79.9. The summed E-state index contributed by atoms with van der Waals surface area (Å²) >= 11 is 3.39. The Morgan fingerprint density at radius 2 is 1.60 bits per heavy atom. The third kappa shape index (κ3) is 3.62. The van der Waals surface area contributed by atoms with E-state index in [9.17, 15) is 9.59 Å². The number of anilines is 2. The Labute approximate surface area is 183 Å². The summed E-state index contributed by atoms with van der Waals surface area (Å²) in [4.78, 5) is 28.0. The number of carbonyl (C=O) groups is 2. The average molecular weight is 463 g/mol. The number of hydrogen-bond donors (Lipinski definition) is 1. The second kappa shape index (κ2) is 8.16. The number of nitrogens with one attached hydrogen (secondary N) is 1. The Bertz CT molecular complexity index is 1150. The van der Waals surface area contributed by atoms with Gasteiger partial charge >= 0.3 is 0 Å². The van der Waals surface area contributed by atoms with E-state index in [0.717, 1.165) is 10.0 Å². The van der Waals surface area contributed by atoms with E-state index in [1.54, 1.807) is 31.4 Å². The van der Waals surface area contributed by atoms with Crippen LogP contribution in [0.3, 0.4) is 0 Å². The number of benzene rings is 3. The van der Waals surface area contributed by atoms with Crippen molar-refractivity contribution in [3.63, 3.8) is 0 Å². The molecular formula is C24H19BrN2O3. The van der Waals surface area contributed by atoms with Gasteiger partial charge in [-0.15, -0.1) is 0 Å². The van der Waals surface area contributed by atoms with Crippen molar-refractivity contribution in [1.29, 1.82) is 0 Å². The molecule has 0 unspecified atom stereocenters. The highest BCUT2D eigenvalue weighted by molar-refractivity contribution is 9.10. The number of ether oxygens (including phenoxy) is 1. The zero-order valence-electron chi connectivity index (χ0n) is 16.5. The molecule has 0 aliphatic carbocycles. The predicted molar refractivity (Wildman–Crippen MR) is 121 cm³/mol. The minimum Gasteiger partial charge on any atom is -0.495 e. The fraction of sp³-hybridized carbons (Fsp3) is 0.0833. The highest BCUT2D eigenvalue weighted by Crippen LogP contribution is 2.36. The minimum atomic E-state index is -0.412. The molecule has 0 radical (unpaired) electrons. The number of aryl methyl sites for hydroxylation is 1. The first-order valence-corrected chi connectivity index (χ1v) is 10.1. The van der Waals surface area contributed by atoms with Gasteiger partial charge in [0.25, 0.3) is 11.8 Å². The predicted octanol–water partition coefficient (Wildman–Crippen LogP) is 5.16. The van der Waals surface area contributed by atoms with Gasteiger partial charge < -0.3 is 10.1 Å². The lowest BCUT2D eigenvalue weighted by Crippen LogP contribution is -2.32. The Kier molecular flexibility index (Phi) is 5.42. The molecule has 1 heterocycles. The third-order valence-electron chi connectivity index (χ3n) is 4.85. The summed E-state index contributed by atoms with van der Waals surface area (Å²) in [6.07, 6.45) is 0. The van der Waals surface area contributed by atoms with Crippen molar-refractivity contribution >= 4 is 44.7 Å². The van der Waals surface area contributed by atoms with Crippen LogP contribution < -0.4 is 15.0 Å². The van der Waals surface area contributed by atoms with Crippen molar-refractivity contribution in [3.8, 4) is 5.75 Å². The maximum Gasteiger partial charge on any atom is 0.282 e. The maximum atomic E-state index is 13.4. The molecule has 5 nitrogen and oxygen atoms in total. The van der Waals surface area contributed by atoms with E-state index in [-0.39, 0.29) is 11.6 Å². The van der Waals surface area contributed by atoms with Crippen molar-refractivity contribution in [3.05, 3.63) is 94.1 Å². The fourth-order valence-corrected chi connectivity index (χ4v) is 3.66. The summed E-state index contributed by atoms with van der Waals surface area (Å²) in [6, 6.07) is 21.9. The summed E-state index contributed by atoms with van der Waals surface area (Å²) in [5.74, 6) is -0.199. The number of amides is 2. The summed E-state index contributed by atoms with van der Waals surface area (Å²) < 4.78 is 6.30. The van der Waals surface area contributed by atoms with Crippen molar-refractivity contribution in [2.45, 2.75) is 6.92 Å². The quantitative estimate of drug-likeness (QED) is 0.531. The van der Waals surface area contributed by atoms with Gasteiger partial charge in [0.15, 0.2) is 0 Å². The second-order valence-corrected chi connectivity index (χ2v) is 7.78. The van der Waals surface area contributed by atoms with Crippen LogP contribution in [0.1, 0.15) is 11.1 Å². The van der Waals surface area contributed by atoms with E-state index in [4.69, 9.17) is 4.74 Å².